The van der Waals surface area contributed by atoms with Crippen LogP contribution in [0.5, 0.6) is 0 Å². The molecule has 0 aliphatic carbocycles. The van der Waals surface area contributed by atoms with Crippen molar-refractivity contribution in [1.29, 1.82) is 0 Å². The third-order valence-corrected chi connectivity index (χ3v) is 5.03. The molecule has 0 spiro atoms. The third-order valence-electron chi connectivity index (χ3n) is 5.03. The van der Waals surface area contributed by atoms with Crippen LogP contribution in [-0.4, -0.2) is 35.3 Å². The second-order valence-corrected chi connectivity index (χ2v) is 7.06. The number of ether oxygens (including phenoxy) is 1. The quantitative estimate of drug-likeness (QED) is 0.301. The molecular formula is C22H31NO4. The van der Waals surface area contributed by atoms with Gasteiger partial charge in [-0.25, -0.2) is 4.79 Å². The van der Waals surface area contributed by atoms with Gasteiger partial charge in [-0.2, -0.15) is 0 Å². The van der Waals surface area contributed by atoms with Gasteiger partial charge in [0.15, 0.2) is 0 Å². The highest BCUT2D eigenvalue weighted by atomic mass is 16.5. The Morgan fingerprint density at radius 1 is 0.889 bits per heavy atom. The Hall–Kier alpha value is -2.17. The Bertz CT molecular complexity index is 620. The molecule has 1 aromatic carbocycles. The summed E-state index contributed by atoms with van der Waals surface area (Å²) < 4.78 is 5.15. The van der Waals surface area contributed by atoms with E-state index in [1.165, 1.54) is 32.1 Å². The second kappa shape index (κ2) is 10.9. The number of hydrogen-bond donors (Lipinski definition) is 0. The van der Waals surface area contributed by atoms with Crippen LogP contribution in [0.2, 0.25) is 0 Å². The number of carbonyl (C=O) groups excluding carboxylic acids is 3. The number of rotatable bonds is 12. The van der Waals surface area contributed by atoms with E-state index in [4.69, 9.17) is 4.74 Å². The van der Waals surface area contributed by atoms with Crippen molar-refractivity contribution < 1.29 is 19.1 Å². The third kappa shape index (κ3) is 5.41. The van der Waals surface area contributed by atoms with Gasteiger partial charge in [0.1, 0.15) is 6.04 Å². The van der Waals surface area contributed by atoms with Gasteiger partial charge in [0.25, 0.3) is 11.8 Å². The van der Waals surface area contributed by atoms with Gasteiger partial charge in [-0.05, 0) is 25.5 Å². The largest absolute Gasteiger partial charge is 0.464 e. The number of benzene rings is 1. The van der Waals surface area contributed by atoms with Gasteiger partial charge in [-0.1, -0.05) is 70.4 Å². The van der Waals surface area contributed by atoms with Crippen LogP contribution in [0.15, 0.2) is 24.3 Å². The predicted molar refractivity (Wildman–Crippen MR) is 105 cm³/mol. The molecule has 1 aliphatic heterocycles. The summed E-state index contributed by atoms with van der Waals surface area (Å²) in [6, 6.07) is 5.89. The molecule has 0 saturated carbocycles. The van der Waals surface area contributed by atoms with Gasteiger partial charge in [0, 0.05) is 0 Å². The Kier molecular flexibility index (Phi) is 8.49. The topological polar surface area (TPSA) is 63.7 Å². The predicted octanol–water partition coefficient (Wildman–Crippen LogP) is 4.75. The normalized spacial score (nSPS) is 14.4. The van der Waals surface area contributed by atoms with Crippen LogP contribution in [0.25, 0.3) is 0 Å². The summed E-state index contributed by atoms with van der Waals surface area (Å²) in [5.74, 6) is -1.28. The highest BCUT2D eigenvalue weighted by Crippen LogP contribution is 2.27. The lowest BCUT2D eigenvalue weighted by Crippen LogP contribution is -2.45. The number of hydrogen-bond acceptors (Lipinski definition) is 4. The first-order chi connectivity index (χ1) is 13.1. The summed E-state index contributed by atoms with van der Waals surface area (Å²) in [6.45, 7) is 4.16. The minimum Gasteiger partial charge on any atom is -0.464 e. The lowest BCUT2D eigenvalue weighted by molar-refractivity contribution is -0.148. The molecule has 1 aromatic rings. The molecule has 2 amide bonds. The monoisotopic (exact) mass is 373 g/mol. The van der Waals surface area contributed by atoms with Crippen molar-refractivity contribution in [3.63, 3.8) is 0 Å². The van der Waals surface area contributed by atoms with Crippen molar-refractivity contribution in [2.45, 2.75) is 77.7 Å². The summed E-state index contributed by atoms with van der Waals surface area (Å²) in [4.78, 5) is 38.9. The van der Waals surface area contributed by atoms with E-state index in [9.17, 15) is 14.4 Å². The molecule has 0 fully saturated rings. The zero-order valence-electron chi connectivity index (χ0n) is 16.5. The van der Waals surface area contributed by atoms with Crippen LogP contribution >= 0.6 is 0 Å². The Labute approximate surface area is 162 Å². The van der Waals surface area contributed by atoms with E-state index in [2.05, 4.69) is 6.92 Å². The maximum atomic E-state index is 12.7. The molecule has 0 saturated heterocycles. The van der Waals surface area contributed by atoms with E-state index in [-0.39, 0.29) is 6.61 Å². The molecule has 148 valence electrons. The van der Waals surface area contributed by atoms with Gasteiger partial charge in [0.2, 0.25) is 0 Å². The van der Waals surface area contributed by atoms with Crippen LogP contribution in [0.3, 0.4) is 0 Å². The Balaban J connectivity index is 1.94. The molecule has 1 atom stereocenters. The molecule has 5 nitrogen and oxygen atoms in total. The fraction of sp³-hybridized carbons (Fsp3) is 0.591. The number of unbranched alkanes of at least 4 members (excludes halogenated alkanes) is 7. The number of esters is 1. The summed E-state index contributed by atoms with van der Waals surface area (Å²) >= 11 is 0. The number of fused-ring (bicyclic) bond motifs is 1. The van der Waals surface area contributed by atoms with E-state index in [0.717, 1.165) is 24.2 Å². The highest BCUT2D eigenvalue weighted by molar-refractivity contribution is 6.22. The van der Waals surface area contributed by atoms with Gasteiger partial charge >= 0.3 is 5.97 Å². The van der Waals surface area contributed by atoms with Crippen LogP contribution in [0, 0.1) is 0 Å². The average molecular weight is 373 g/mol. The summed E-state index contributed by atoms with van der Waals surface area (Å²) in [6.07, 6.45) is 9.59. The Morgan fingerprint density at radius 2 is 1.41 bits per heavy atom. The molecule has 0 radical (unpaired) electrons. The first-order valence-electron chi connectivity index (χ1n) is 10.2. The number of amides is 2. The molecule has 5 heteroatoms. The Morgan fingerprint density at radius 3 is 1.93 bits per heavy atom. The zero-order chi connectivity index (χ0) is 19.6. The number of imide groups is 1. The van der Waals surface area contributed by atoms with Crippen molar-refractivity contribution in [3.8, 4) is 0 Å². The molecule has 2 rings (SSSR count). The summed E-state index contributed by atoms with van der Waals surface area (Å²) in [5, 5.41) is 0. The molecule has 27 heavy (non-hydrogen) atoms. The SMILES string of the molecule is CCCCCCCCCCC(C(=O)OCC)N1C(=O)c2ccccc2C1=O. The van der Waals surface area contributed by atoms with Crippen molar-refractivity contribution >= 4 is 17.8 Å². The van der Waals surface area contributed by atoms with Crippen molar-refractivity contribution in [2.24, 2.45) is 0 Å². The lowest BCUT2D eigenvalue weighted by atomic mass is 10.0. The van der Waals surface area contributed by atoms with Crippen LogP contribution < -0.4 is 0 Å². The molecule has 1 heterocycles. The fourth-order valence-electron chi connectivity index (χ4n) is 3.55. The van der Waals surface area contributed by atoms with Crippen LogP contribution in [0.1, 0.15) is 92.4 Å². The van der Waals surface area contributed by atoms with Gasteiger partial charge < -0.3 is 4.74 Å². The lowest BCUT2D eigenvalue weighted by Gasteiger charge is -2.24. The fourth-order valence-corrected chi connectivity index (χ4v) is 3.55. The van der Waals surface area contributed by atoms with Gasteiger partial charge in [-0.3, -0.25) is 14.5 Å². The highest BCUT2D eigenvalue weighted by Gasteiger charge is 2.42. The van der Waals surface area contributed by atoms with E-state index in [1.54, 1.807) is 31.2 Å². The number of nitrogens with zero attached hydrogens (tertiary/aromatic N) is 1. The minimum absolute atomic E-state index is 0.232. The molecule has 0 aromatic heterocycles. The van der Waals surface area contributed by atoms with Crippen molar-refractivity contribution in [1.82, 2.24) is 4.90 Å². The standard InChI is InChI=1S/C22H31NO4/c1-3-5-6-7-8-9-10-11-16-19(22(26)27-4-2)23-20(24)17-14-12-13-15-18(17)21(23)25/h12-15,19H,3-11,16H2,1-2H3. The van der Waals surface area contributed by atoms with E-state index in [1.807, 2.05) is 0 Å². The maximum absolute atomic E-state index is 12.7. The summed E-state index contributed by atoms with van der Waals surface area (Å²) in [7, 11) is 0. The van der Waals surface area contributed by atoms with Gasteiger partial charge in [-0.15, -0.1) is 0 Å². The molecule has 1 aliphatic rings. The number of carbonyl (C=O) groups is 3. The van der Waals surface area contributed by atoms with Crippen molar-refractivity contribution in [2.75, 3.05) is 6.61 Å². The zero-order valence-corrected chi connectivity index (χ0v) is 16.5. The minimum atomic E-state index is -0.836. The molecule has 1 unspecified atom stereocenters. The second-order valence-electron chi connectivity index (χ2n) is 7.06. The van der Waals surface area contributed by atoms with Gasteiger partial charge in [0.05, 0.1) is 17.7 Å². The van der Waals surface area contributed by atoms with Crippen molar-refractivity contribution in [3.05, 3.63) is 35.4 Å². The van der Waals surface area contributed by atoms with Crippen LogP contribution in [0.4, 0.5) is 0 Å². The van der Waals surface area contributed by atoms with E-state index >= 15 is 0 Å². The summed E-state index contributed by atoms with van der Waals surface area (Å²) in [5.41, 5.74) is 0.737. The smallest absolute Gasteiger partial charge is 0.329 e. The molecule has 0 N–H and O–H groups in total. The van der Waals surface area contributed by atoms with Crippen LogP contribution in [-0.2, 0) is 9.53 Å². The van der Waals surface area contributed by atoms with E-state index in [0.29, 0.717) is 17.5 Å². The first-order valence-corrected chi connectivity index (χ1v) is 10.2. The van der Waals surface area contributed by atoms with E-state index < -0.39 is 23.8 Å². The first kappa shape index (κ1) is 21.1. The average Bonchev–Trinajstić information content (AvgIpc) is 2.92. The maximum Gasteiger partial charge on any atom is 0.329 e. The molecule has 0 bridgehead atoms. The molecular weight excluding hydrogens is 342 g/mol.